The molecule has 0 saturated carbocycles. The zero-order chi connectivity index (χ0) is 32.4. The molecule has 0 spiro atoms. The molecule has 11 nitrogen and oxygen atoms in total. The largest absolute Gasteiger partial charge is 0.497 e. The smallest absolute Gasteiger partial charge is 0.254 e. The standard InChI is InChI=1S/C33H45N5O6/c1-20(2)16-26-32(42)36-27(17-23-12-14-25(44-6)15-13-23)31(41)34-22(5)30(40)37-28(21(3)4)18-38(19-29(39)35-26)33(43)24-10-8-7-9-11-24/h7-15,20-22,26-28H,16-19H2,1-6H3,(H,34,41)(H,35,39)(H,36,42)(H,37,40)/t22-,26+,27+,28-/m1/s1. The maximum Gasteiger partial charge on any atom is 0.254 e. The monoisotopic (exact) mass is 607 g/mol. The van der Waals surface area contributed by atoms with Crippen molar-refractivity contribution in [1.82, 2.24) is 26.2 Å². The SMILES string of the molecule is COc1ccc(C[C@@H]2NC(=O)[C@H](CC(C)C)NC(=O)CN(C(=O)c3ccccc3)C[C@H](C(C)C)NC(=O)[C@@H](C)NC2=O)cc1. The molecule has 3 rings (SSSR count). The fourth-order valence-corrected chi connectivity index (χ4v) is 4.93. The number of nitrogens with zero attached hydrogens (tertiary/aromatic N) is 1. The van der Waals surface area contributed by atoms with Crippen molar-refractivity contribution in [3.05, 3.63) is 65.7 Å². The first-order chi connectivity index (χ1) is 20.9. The minimum absolute atomic E-state index is 0.0382. The summed E-state index contributed by atoms with van der Waals surface area (Å²) in [6.45, 7) is 8.94. The highest BCUT2D eigenvalue weighted by Gasteiger charge is 2.32. The van der Waals surface area contributed by atoms with Gasteiger partial charge in [-0.15, -0.1) is 0 Å². The normalized spacial score (nSPS) is 22.3. The first-order valence-corrected chi connectivity index (χ1v) is 15.1. The van der Waals surface area contributed by atoms with E-state index < -0.39 is 47.8 Å². The fraction of sp³-hybridized carbons (Fsp3) is 0.485. The van der Waals surface area contributed by atoms with E-state index in [4.69, 9.17) is 4.74 Å². The zero-order valence-electron chi connectivity index (χ0n) is 26.4. The molecule has 11 heteroatoms. The Hall–Kier alpha value is -4.41. The van der Waals surface area contributed by atoms with Gasteiger partial charge in [-0.25, -0.2) is 0 Å². The average Bonchev–Trinajstić information content (AvgIpc) is 2.99. The van der Waals surface area contributed by atoms with Crippen LogP contribution in [-0.2, 0) is 25.6 Å². The first kappa shape index (κ1) is 34.1. The Morgan fingerprint density at radius 2 is 1.48 bits per heavy atom. The number of nitrogens with one attached hydrogen (secondary N) is 4. The molecule has 44 heavy (non-hydrogen) atoms. The Bertz CT molecular complexity index is 1300. The van der Waals surface area contributed by atoms with Gasteiger partial charge < -0.3 is 30.9 Å². The van der Waals surface area contributed by atoms with Crippen LogP contribution in [0.15, 0.2) is 54.6 Å². The Balaban J connectivity index is 1.98. The Labute approximate surface area is 259 Å². The van der Waals surface area contributed by atoms with Crippen LogP contribution in [-0.4, -0.2) is 78.8 Å². The van der Waals surface area contributed by atoms with Crippen molar-refractivity contribution in [3.63, 3.8) is 0 Å². The van der Waals surface area contributed by atoms with E-state index in [1.54, 1.807) is 68.6 Å². The summed E-state index contributed by atoms with van der Waals surface area (Å²) in [7, 11) is 1.55. The van der Waals surface area contributed by atoms with Gasteiger partial charge in [0, 0.05) is 24.6 Å². The van der Waals surface area contributed by atoms with Gasteiger partial charge >= 0.3 is 0 Å². The number of hydrogen-bond donors (Lipinski definition) is 4. The van der Waals surface area contributed by atoms with Gasteiger partial charge in [-0.3, -0.25) is 24.0 Å². The van der Waals surface area contributed by atoms with Crippen LogP contribution in [0.4, 0.5) is 0 Å². The molecule has 1 saturated heterocycles. The van der Waals surface area contributed by atoms with Gasteiger partial charge in [0.1, 0.15) is 23.9 Å². The van der Waals surface area contributed by atoms with E-state index in [0.717, 1.165) is 5.56 Å². The Morgan fingerprint density at radius 1 is 0.841 bits per heavy atom. The van der Waals surface area contributed by atoms with Gasteiger partial charge in [0.15, 0.2) is 0 Å². The third kappa shape index (κ3) is 9.82. The molecular weight excluding hydrogens is 562 g/mol. The van der Waals surface area contributed by atoms with Gasteiger partial charge in [-0.05, 0) is 55.0 Å². The van der Waals surface area contributed by atoms with Gasteiger partial charge in [0.2, 0.25) is 23.6 Å². The predicted octanol–water partition coefficient (Wildman–Crippen LogP) is 2.05. The second-order valence-electron chi connectivity index (χ2n) is 12.0. The lowest BCUT2D eigenvalue weighted by atomic mass is 10.0. The molecule has 1 aliphatic heterocycles. The van der Waals surface area contributed by atoms with Gasteiger partial charge in [-0.2, -0.15) is 0 Å². The molecule has 1 aliphatic rings. The van der Waals surface area contributed by atoms with Crippen LogP contribution < -0.4 is 26.0 Å². The van der Waals surface area contributed by atoms with E-state index in [2.05, 4.69) is 21.3 Å². The summed E-state index contributed by atoms with van der Waals surface area (Å²) in [5.74, 6) is -1.84. The number of ether oxygens (including phenoxy) is 1. The van der Waals surface area contributed by atoms with Gasteiger partial charge in [0.25, 0.3) is 5.91 Å². The topological polar surface area (TPSA) is 146 Å². The second-order valence-corrected chi connectivity index (χ2v) is 12.0. The molecule has 0 bridgehead atoms. The molecule has 0 radical (unpaired) electrons. The Kier molecular flexibility index (Phi) is 12.3. The quantitative estimate of drug-likeness (QED) is 0.379. The highest BCUT2D eigenvalue weighted by atomic mass is 16.5. The fourth-order valence-electron chi connectivity index (χ4n) is 4.93. The van der Waals surface area contributed by atoms with E-state index >= 15 is 0 Å². The minimum Gasteiger partial charge on any atom is -0.497 e. The third-order valence-electron chi connectivity index (χ3n) is 7.53. The van der Waals surface area contributed by atoms with E-state index in [-0.39, 0.29) is 37.3 Å². The van der Waals surface area contributed by atoms with Crippen molar-refractivity contribution >= 4 is 29.5 Å². The first-order valence-electron chi connectivity index (χ1n) is 15.1. The van der Waals surface area contributed by atoms with E-state index in [1.165, 1.54) is 4.90 Å². The van der Waals surface area contributed by atoms with Crippen LogP contribution in [0.5, 0.6) is 5.75 Å². The molecule has 4 atom stereocenters. The highest BCUT2D eigenvalue weighted by Crippen LogP contribution is 2.15. The van der Waals surface area contributed by atoms with E-state index in [9.17, 15) is 24.0 Å². The summed E-state index contributed by atoms with van der Waals surface area (Å²) in [4.78, 5) is 68.8. The van der Waals surface area contributed by atoms with Crippen molar-refractivity contribution in [3.8, 4) is 5.75 Å². The molecule has 5 amide bonds. The molecule has 4 N–H and O–H groups in total. The van der Waals surface area contributed by atoms with Crippen molar-refractivity contribution in [2.75, 3.05) is 20.2 Å². The van der Waals surface area contributed by atoms with Crippen molar-refractivity contribution in [1.29, 1.82) is 0 Å². The number of carbonyl (C=O) groups is 5. The van der Waals surface area contributed by atoms with Crippen LogP contribution in [0.25, 0.3) is 0 Å². The van der Waals surface area contributed by atoms with E-state index in [1.807, 2.05) is 27.7 Å². The number of amides is 5. The molecule has 1 fully saturated rings. The number of benzene rings is 2. The molecule has 0 aromatic heterocycles. The molecule has 2 aromatic rings. The number of hydrogen-bond acceptors (Lipinski definition) is 6. The predicted molar refractivity (Wildman–Crippen MR) is 167 cm³/mol. The van der Waals surface area contributed by atoms with Crippen molar-refractivity contribution in [2.24, 2.45) is 11.8 Å². The summed E-state index contributed by atoms with van der Waals surface area (Å²) in [6.07, 6.45) is 0.457. The maximum atomic E-state index is 13.6. The summed E-state index contributed by atoms with van der Waals surface area (Å²) >= 11 is 0. The van der Waals surface area contributed by atoms with Crippen LogP contribution in [0.2, 0.25) is 0 Å². The molecule has 238 valence electrons. The molecular formula is C33H45N5O6. The van der Waals surface area contributed by atoms with Crippen molar-refractivity contribution < 1.29 is 28.7 Å². The summed E-state index contributed by atoms with van der Waals surface area (Å²) in [5, 5.41) is 11.3. The summed E-state index contributed by atoms with van der Waals surface area (Å²) < 4.78 is 5.22. The lowest BCUT2D eigenvalue weighted by Gasteiger charge is -2.31. The van der Waals surface area contributed by atoms with Crippen molar-refractivity contribution in [2.45, 2.75) is 71.6 Å². The second kappa shape index (κ2) is 15.9. The number of rotatable bonds is 7. The van der Waals surface area contributed by atoms with Crippen LogP contribution in [0.1, 0.15) is 57.0 Å². The van der Waals surface area contributed by atoms with Crippen LogP contribution in [0, 0.1) is 11.8 Å². The maximum absolute atomic E-state index is 13.6. The molecule has 1 heterocycles. The molecule has 0 aliphatic carbocycles. The number of methoxy groups -OCH3 is 1. The summed E-state index contributed by atoms with van der Waals surface area (Å²) in [5.41, 5.74) is 1.16. The van der Waals surface area contributed by atoms with Gasteiger partial charge in [-0.1, -0.05) is 58.0 Å². The average molecular weight is 608 g/mol. The van der Waals surface area contributed by atoms with E-state index in [0.29, 0.717) is 17.7 Å². The zero-order valence-corrected chi connectivity index (χ0v) is 26.4. The number of carbonyl (C=O) groups excluding carboxylic acids is 5. The lowest BCUT2D eigenvalue weighted by Crippen LogP contribution is -2.57. The lowest BCUT2D eigenvalue weighted by molar-refractivity contribution is -0.133. The highest BCUT2D eigenvalue weighted by molar-refractivity contribution is 5.98. The third-order valence-corrected chi connectivity index (χ3v) is 7.53. The summed E-state index contributed by atoms with van der Waals surface area (Å²) in [6, 6.07) is 12.2. The minimum atomic E-state index is -1.03. The molecule has 0 unspecified atom stereocenters. The van der Waals surface area contributed by atoms with Crippen LogP contribution >= 0.6 is 0 Å². The Morgan fingerprint density at radius 3 is 2.07 bits per heavy atom. The van der Waals surface area contributed by atoms with Gasteiger partial charge in [0.05, 0.1) is 13.7 Å². The molecule has 2 aromatic carbocycles. The van der Waals surface area contributed by atoms with Crippen LogP contribution in [0.3, 0.4) is 0 Å².